The molecule has 0 radical (unpaired) electrons. The Morgan fingerprint density at radius 3 is 1.97 bits per heavy atom. The molecule has 0 unspecified atom stereocenters. The largest absolute Gasteiger partial charge is 0.316 e. The molecule has 0 aliphatic rings. The number of sulfonamides is 1. The van der Waals surface area contributed by atoms with E-state index >= 15 is 0 Å². The highest BCUT2D eigenvalue weighted by atomic mass is 35.5. The second kappa shape index (κ2) is 7.72. The van der Waals surface area contributed by atoms with Crippen molar-refractivity contribution in [2.24, 2.45) is 0 Å². The molecule has 3 aromatic carbocycles. The monoisotopic (exact) mass is 455 g/mol. The van der Waals surface area contributed by atoms with Gasteiger partial charge in [0, 0.05) is 5.69 Å². The highest BCUT2D eigenvalue weighted by molar-refractivity contribution is 7.92. The predicted molar refractivity (Wildman–Crippen MR) is 122 cm³/mol. The minimum Gasteiger partial charge on any atom is -0.316 e. The number of nitrogens with one attached hydrogen (secondary N) is 3. The summed E-state index contributed by atoms with van der Waals surface area (Å²) in [6.07, 6.45) is 0. The van der Waals surface area contributed by atoms with Crippen LogP contribution in [0.5, 0.6) is 0 Å². The van der Waals surface area contributed by atoms with Crippen molar-refractivity contribution in [3.63, 3.8) is 0 Å². The van der Waals surface area contributed by atoms with Gasteiger partial charge < -0.3 is 9.97 Å². The van der Waals surface area contributed by atoms with Crippen LogP contribution in [0.25, 0.3) is 22.2 Å². The van der Waals surface area contributed by atoms with Crippen molar-refractivity contribution >= 4 is 38.3 Å². The van der Waals surface area contributed by atoms with Gasteiger partial charge in [-0.25, -0.2) is 8.42 Å². The molecule has 31 heavy (non-hydrogen) atoms. The van der Waals surface area contributed by atoms with Crippen LogP contribution in [0.3, 0.4) is 0 Å². The first kappa shape index (κ1) is 20.9. The maximum atomic E-state index is 13.0. The molecule has 9 heteroatoms. The number of rotatable bonds is 4. The van der Waals surface area contributed by atoms with Gasteiger partial charge in [-0.2, -0.15) is 0 Å². The van der Waals surface area contributed by atoms with E-state index < -0.39 is 21.1 Å². The molecule has 1 aromatic heterocycles. The van der Waals surface area contributed by atoms with Gasteiger partial charge >= 0.3 is 11.1 Å². The van der Waals surface area contributed by atoms with Gasteiger partial charge in [0.1, 0.15) is 4.90 Å². The van der Waals surface area contributed by atoms with E-state index in [4.69, 9.17) is 11.6 Å². The van der Waals surface area contributed by atoms with Crippen LogP contribution in [-0.4, -0.2) is 18.4 Å². The van der Waals surface area contributed by atoms with Gasteiger partial charge in [0.2, 0.25) is 0 Å². The average molecular weight is 456 g/mol. The summed E-state index contributed by atoms with van der Waals surface area (Å²) in [5.74, 6) is 0. The molecule has 0 bridgehead atoms. The summed E-state index contributed by atoms with van der Waals surface area (Å²) in [4.78, 5) is 27.6. The summed E-state index contributed by atoms with van der Waals surface area (Å²) in [6, 6.07) is 15.8. The fourth-order valence-electron chi connectivity index (χ4n) is 3.62. The number of aromatic amines is 2. The zero-order chi connectivity index (χ0) is 22.3. The SMILES string of the molecule is Cc1cc(NS(=O)(=O)c2cc3[nH]c(=O)c(=O)[nH]c3cc2Cl)cc(C)c1-c1ccccc1. The van der Waals surface area contributed by atoms with Crippen LogP contribution in [0.1, 0.15) is 11.1 Å². The molecule has 1 heterocycles. The number of H-pyrrole nitrogens is 2. The van der Waals surface area contributed by atoms with Crippen molar-refractivity contribution in [1.82, 2.24) is 9.97 Å². The smallest absolute Gasteiger partial charge is 0.314 e. The van der Waals surface area contributed by atoms with E-state index in [2.05, 4.69) is 14.7 Å². The summed E-state index contributed by atoms with van der Waals surface area (Å²) in [5.41, 5.74) is 2.95. The molecule has 0 spiro atoms. The molecule has 4 rings (SSSR count). The quantitative estimate of drug-likeness (QED) is 0.404. The summed E-state index contributed by atoms with van der Waals surface area (Å²) in [7, 11) is -4.07. The molecule has 7 nitrogen and oxygen atoms in total. The van der Waals surface area contributed by atoms with E-state index in [0.29, 0.717) is 5.69 Å². The fraction of sp³-hybridized carbons (Fsp3) is 0.0909. The van der Waals surface area contributed by atoms with E-state index in [1.54, 1.807) is 12.1 Å². The first-order valence-electron chi connectivity index (χ1n) is 9.31. The lowest BCUT2D eigenvalue weighted by Gasteiger charge is -2.15. The third-order valence-electron chi connectivity index (χ3n) is 4.91. The Bertz CT molecular complexity index is 1520. The van der Waals surface area contributed by atoms with Crippen LogP contribution in [0.4, 0.5) is 5.69 Å². The highest BCUT2D eigenvalue weighted by Crippen LogP contribution is 2.32. The minimum atomic E-state index is -4.07. The number of benzene rings is 3. The molecule has 0 aliphatic heterocycles. The van der Waals surface area contributed by atoms with E-state index in [1.165, 1.54) is 12.1 Å². The van der Waals surface area contributed by atoms with E-state index in [9.17, 15) is 18.0 Å². The van der Waals surface area contributed by atoms with Crippen LogP contribution in [0.2, 0.25) is 5.02 Å². The molecule has 4 aromatic rings. The van der Waals surface area contributed by atoms with Crippen molar-refractivity contribution in [3.05, 3.63) is 91.5 Å². The molecule has 0 saturated heterocycles. The van der Waals surface area contributed by atoms with Crippen molar-refractivity contribution in [2.75, 3.05) is 4.72 Å². The van der Waals surface area contributed by atoms with Gasteiger partial charge in [-0.15, -0.1) is 0 Å². The molecule has 0 saturated carbocycles. The van der Waals surface area contributed by atoms with Gasteiger partial charge in [0.15, 0.2) is 0 Å². The molecular weight excluding hydrogens is 438 g/mol. The maximum Gasteiger partial charge on any atom is 0.314 e. The van der Waals surface area contributed by atoms with Crippen molar-refractivity contribution in [2.45, 2.75) is 18.7 Å². The van der Waals surface area contributed by atoms with Gasteiger partial charge in [0.25, 0.3) is 10.0 Å². The van der Waals surface area contributed by atoms with Gasteiger partial charge in [-0.1, -0.05) is 41.9 Å². The minimum absolute atomic E-state index is 0.0861. The van der Waals surface area contributed by atoms with E-state index in [-0.39, 0.29) is 21.0 Å². The Hall–Kier alpha value is -3.36. The first-order chi connectivity index (χ1) is 14.7. The summed E-state index contributed by atoms with van der Waals surface area (Å²) in [6.45, 7) is 3.83. The lowest BCUT2D eigenvalue weighted by Crippen LogP contribution is -2.29. The number of aryl methyl sites for hydroxylation is 2. The van der Waals surface area contributed by atoms with Gasteiger partial charge in [-0.3, -0.25) is 14.3 Å². The number of halogens is 1. The molecule has 0 amide bonds. The lowest BCUT2D eigenvalue weighted by atomic mass is 9.95. The topological polar surface area (TPSA) is 112 Å². The van der Waals surface area contributed by atoms with Crippen LogP contribution < -0.4 is 15.8 Å². The Morgan fingerprint density at radius 1 is 0.839 bits per heavy atom. The Balaban J connectivity index is 1.76. The molecule has 3 N–H and O–H groups in total. The summed E-state index contributed by atoms with van der Waals surface area (Å²) in [5, 5.41) is -0.0861. The number of hydrogen-bond acceptors (Lipinski definition) is 4. The van der Waals surface area contributed by atoms with Crippen molar-refractivity contribution < 1.29 is 8.42 Å². The van der Waals surface area contributed by atoms with E-state index in [0.717, 1.165) is 22.3 Å². The van der Waals surface area contributed by atoms with Crippen molar-refractivity contribution in [1.29, 1.82) is 0 Å². The molecular formula is C22H18ClN3O4S. The maximum absolute atomic E-state index is 13.0. The van der Waals surface area contributed by atoms with Crippen LogP contribution in [-0.2, 0) is 10.0 Å². The van der Waals surface area contributed by atoms with E-state index in [1.807, 2.05) is 44.2 Å². The molecule has 0 atom stereocenters. The zero-order valence-electron chi connectivity index (χ0n) is 16.6. The normalized spacial score (nSPS) is 11.6. The van der Waals surface area contributed by atoms with Crippen LogP contribution in [0, 0.1) is 13.8 Å². The van der Waals surface area contributed by atoms with Crippen molar-refractivity contribution in [3.8, 4) is 11.1 Å². The Morgan fingerprint density at radius 2 is 1.39 bits per heavy atom. The standard InChI is InChI=1S/C22H18ClN3O4S/c1-12-8-15(9-13(2)20(12)14-6-4-3-5-7-14)26-31(29,30)19-11-18-17(10-16(19)23)24-21(27)22(28)25-18/h3-11,26H,1-2H3,(H,24,27)(H,25,28). The molecule has 0 fully saturated rings. The fourth-order valence-corrected chi connectivity index (χ4v) is 5.21. The number of anilines is 1. The summed E-state index contributed by atoms with van der Waals surface area (Å²) >= 11 is 6.18. The number of hydrogen-bond donors (Lipinski definition) is 3. The second-order valence-electron chi connectivity index (χ2n) is 7.19. The van der Waals surface area contributed by atoms with Crippen LogP contribution >= 0.6 is 11.6 Å². The van der Waals surface area contributed by atoms with Gasteiger partial charge in [-0.05, 0) is 60.4 Å². The first-order valence-corrected chi connectivity index (χ1v) is 11.2. The molecule has 0 aliphatic carbocycles. The van der Waals surface area contributed by atoms with Gasteiger partial charge in [0.05, 0.1) is 16.1 Å². The summed E-state index contributed by atoms with van der Waals surface area (Å²) < 4.78 is 28.6. The molecule has 158 valence electrons. The number of fused-ring (bicyclic) bond motifs is 1. The number of aromatic nitrogens is 2. The van der Waals surface area contributed by atoms with Crippen LogP contribution in [0.15, 0.2) is 69.1 Å². The lowest BCUT2D eigenvalue weighted by molar-refractivity contribution is 0.601. The average Bonchev–Trinajstić information content (AvgIpc) is 2.68. The highest BCUT2D eigenvalue weighted by Gasteiger charge is 2.21. The Labute approximate surface area is 182 Å². The third kappa shape index (κ3) is 3.99. The predicted octanol–water partition coefficient (Wildman–Crippen LogP) is 3.95. The third-order valence-corrected chi connectivity index (χ3v) is 6.76. The zero-order valence-corrected chi connectivity index (χ0v) is 18.2. The second-order valence-corrected chi connectivity index (χ2v) is 9.25. The Kier molecular flexibility index (Phi) is 5.20.